The number of aromatic nitrogens is 1. The highest BCUT2D eigenvalue weighted by atomic mass is 32.2. The maximum absolute atomic E-state index is 12.8. The fourth-order valence-corrected chi connectivity index (χ4v) is 4.50. The molecular weight excluding hydrogens is 326 g/mol. The Morgan fingerprint density at radius 3 is 2.54 bits per heavy atom. The molecule has 0 aliphatic heterocycles. The van der Waals surface area contributed by atoms with Gasteiger partial charge in [-0.3, -0.25) is 4.79 Å². The summed E-state index contributed by atoms with van der Waals surface area (Å²) in [6.07, 6.45) is 3.85. The van der Waals surface area contributed by atoms with E-state index in [-0.39, 0.29) is 16.2 Å². The Bertz CT molecular complexity index is 766. The van der Waals surface area contributed by atoms with Gasteiger partial charge in [-0.25, -0.2) is 18.1 Å². The molecule has 0 bridgehead atoms. The molecule has 0 spiro atoms. The third kappa shape index (κ3) is 2.92. The third-order valence-electron chi connectivity index (χ3n) is 4.73. The van der Waals surface area contributed by atoms with Crippen molar-refractivity contribution in [1.82, 2.24) is 9.71 Å². The standard InChI is InChI=1S/C17H25N3O3S/c1-7-12-11-17(12,16(2,3)4)15(21)19-24(22,23)13-9-8-10-18-14(13)20(5)6/h7-10,12H,1,11H2,2-6H3,(H,19,21)/t12-,17-/m1/s1. The molecule has 24 heavy (non-hydrogen) atoms. The zero-order valence-corrected chi connectivity index (χ0v) is 15.6. The van der Waals surface area contributed by atoms with Gasteiger partial charge in [-0.15, -0.1) is 6.58 Å². The van der Waals surface area contributed by atoms with Gasteiger partial charge in [-0.2, -0.15) is 0 Å². The summed E-state index contributed by atoms with van der Waals surface area (Å²) in [5.41, 5.74) is -1.12. The summed E-state index contributed by atoms with van der Waals surface area (Å²) in [4.78, 5) is 18.5. The molecule has 0 unspecified atom stereocenters. The van der Waals surface area contributed by atoms with Crippen LogP contribution in [0.3, 0.4) is 0 Å². The minimum Gasteiger partial charge on any atom is -0.362 e. The average molecular weight is 351 g/mol. The molecule has 1 heterocycles. The van der Waals surface area contributed by atoms with E-state index >= 15 is 0 Å². The summed E-state index contributed by atoms with van der Waals surface area (Å²) in [5.74, 6) is -0.206. The van der Waals surface area contributed by atoms with Crippen molar-refractivity contribution in [2.45, 2.75) is 32.1 Å². The van der Waals surface area contributed by atoms with Gasteiger partial charge in [0.25, 0.3) is 10.0 Å². The van der Waals surface area contributed by atoms with Crippen LogP contribution in [0.5, 0.6) is 0 Å². The topological polar surface area (TPSA) is 79.4 Å². The number of allylic oxidation sites excluding steroid dienone is 1. The van der Waals surface area contributed by atoms with Gasteiger partial charge >= 0.3 is 0 Å². The summed E-state index contributed by atoms with van der Waals surface area (Å²) in [7, 11) is -0.603. The lowest BCUT2D eigenvalue weighted by atomic mass is 9.75. The predicted octanol–water partition coefficient (Wildman–Crippen LogP) is 2.19. The van der Waals surface area contributed by atoms with Crippen LogP contribution >= 0.6 is 0 Å². The second-order valence-electron chi connectivity index (χ2n) is 7.42. The van der Waals surface area contributed by atoms with Crippen molar-refractivity contribution in [3.63, 3.8) is 0 Å². The largest absolute Gasteiger partial charge is 0.362 e. The molecular formula is C17H25N3O3S. The summed E-state index contributed by atoms with van der Waals surface area (Å²) in [6, 6.07) is 2.98. The van der Waals surface area contributed by atoms with Crippen LogP contribution < -0.4 is 9.62 Å². The highest BCUT2D eigenvalue weighted by Crippen LogP contribution is 2.64. The molecule has 1 amide bonds. The van der Waals surface area contributed by atoms with E-state index in [1.807, 2.05) is 20.8 Å². The van der Waals surface area contributed by atoms with Crippen LogP contribution in [0.25, 0.3) is 0 Å². The van der Waals surface area contributed by atoms with Crippen molar-refractivity contribution >= 4 is 21.7 Å². The van der Waals surface area contributed by atoms with Gasteiger partial charge in [0.1, 0.15) is 10.7 Å². The lowest BCUT2D eigenvalue weighted by Crippen LogP contribution is -2.43. The maximum Gasteiger partial charge on any atom is 0.267 e. The second kappa shape index (κ2) is 5.88. The molecule has 132 valence electrons. The fourth-order valence-electron chi connectivity index (χ4n) is 3.23. The summed E-state index contributed by atoms with van der Waals surface area (Å²) in [5, 5.41) is 0. The number of nitrogens with one attached hydrogen (secondary N) is 1. The summed E-state index contributed by atoms with van der Waals surface area (Å²) < 4.78 is 27.7. The van der Waals surface area contributed by atoms with Crippen molar-refractivity contribution in [3.8, 4) is 0 Å². The van der Waals surface area contributed by atoms with Crippen LogP contribution in [0, 0.1) is 16.7 Å². The monoisotopic (exact) mass is 351 g/mol. The molecule has 6 nitrogen and oxygen atoms in total. The minimum atomic E-state index is -4.01. The molecule has 0 radical (unpaired) electrons. The number of sulfonamides is 1. The molecule has 1 N–H and O–H groups in total. The molecule has 0 aromatic carbocycles. The number of amides is 1. The Kier molecular flexibility index (Phi) is 4.52. The first-order chi connectivity index (χ1) is 11.0. The first-order valence-corrected chi connectivity index (χ1v) is 9.28. The lowest BCUT2D eigenvalue weighted by Gasteiger charge is -2.30. The smallest absolute Gasteiger partial charge is 0.267 e. The molecule has 1 aromatic rings. The van der Waals surface area contributed by atoms with Gasteiger partial charge in [-0.1, -0.05) is 26.8 Å². The van der Waals surface area contributed by atoms with Crippen molar-refractivity contribution in [1.29, 1.82) is 0 Å². The Balaban J connectivity index is 2.37. The number of carbonyl (C=O) groups is 1. The highest BCUT2D eigenvalue weighted by molar-refractivity contribution is 7.90. The van der Waals surface area contributed by atoms with Crippen molar-refractivity contribution in [3.05, 3.63) is 31.0 Å². The predicted molar refractivity (Wildman–Crippen MR) is 94.1 cm³/mol. The number of rotatable bonds is 5. The Morgan fingerprint density at radius 1 is 1.46 bits per heavy atom. The number of anilines is 1. The second-order valence-corrected chi connectivity index (χ2v) is 9.07. The van der Waals surface area contributed by atoms with Crippen LogP contribution in [0.4, 0.5) is 5.82 Å². The van der Waals surface area contributed by atoms with E-state index < -0.39 is 21.3 Å². The zero-order chi connectivity index (χ0) is 18.3. The highest BCUT2D eigenvalue weighted by Gasteiger charge is 2.65. The average Bonchev–Trinajstić information content (AvgIpc) is 3.22. The normalized spacial score (nSPS) is 23.5. The Labute approximate surface area is 144 Å². The van der Waals surface area contributed by atoms with E-state index in [9.17, 15) is 13.2 Å². The first kappa shape index (κ1) is 18.4. The summed E-state index contributed by atoms with van der Waals surface area (Å²) >= 11 is 0. The van der Waals surface area contributed by atoms with Crippen LogP contribution in [-0.2, 0) is 14.8 Å². The number of hydrogen-bond donors (Lipinski definition) is 1. The quantitative estimate of drug-likeness (QED) is 0.823. The van der Waals surface area contributed by atoms with E-state index in [1.54, 1.807) is 25.1 Å². The van der Waals surface area contributed by atoms with E-state index in [1.165, 1.54) is 18.3 Å². The first-order valence-electron chi connectivity index (χ1n) is 7.79. The number of nitrogens with zero attached hydrogens (tertiary/aromatic N) is 2. The molecule has 2 rings (SSSR count). The molecule has 1 aliphatic carbocycles. The Morgan fingerprint density at radius 2 is 2.08 bits per heavy atom. The van der Waals surface area contributed by atoms with Crippen molar-refractivity contribution in [2.24, 2.45) is 16.7 Å². The molecule has 7 heteroatoms. The van der Waals surface area contributed by atoms with Gasteiger partial charge in [0.15, 0.2) is 0 Å². The zero-order valence-electron chi connectivity index (χ0n) is 14.8. The van der Waals surface area contributed by atoms with E-state index in [2.05, 4.69) is 16.3 Å². The fraction of sp³-hybridized carbons (Fsp3) is 0.529. The number of hydrogen-bond acceptors (Lipinski definition) is 5. The SMILES string of the molecule is C=C[C@@H]1C[C@@]1(C(=O)NS(=O)(=O)c1cccnc1N(C)C)C(C)(C)C. The van der Waals surface area contributed by atoms with Crippen LogP contribution in [0.2, 0.25) is 0 Å². The van der Waals surface area contributed by atoms with Gasteiger partial charge in [0.2, 0.25) is 5.91 Å². The Hall–Kier alpha value is -1.89. The molecule has 1 fully saturated rings. The minimum absolute atomic E-state index is 0.0109. The number of carbonyl (C=O) groups excluding carboxylic acids is 1. The third-order valence-corrected chi connectivity index (χ3v) is 6.09. The van der Waals surface area contributed by atoms with Crippen molar-refractivity contribution in [2.75, 3.05) is 19.0 Å². The molecule has 1 aromatic heterocycles. The molecule has 2 atom stereocenters. The van der Waals surface area contributed by atoms with E-state index in [0.717, 1.165) is 0 Å². The number of pyridine rings is 1. The van der Waals surface area contributed by atoms with Crippen molar-refractivity contribution < 1.29 is 13.2 Å². The van der Waals surface area contributed by atoms with Crippen LogP contribution in [-0.4, -0.2) is 33.4 Å². The van der Waals surface area contributed by atoms with Crippen LogP contribution in [0.15, 0.2) is 35.9 Å². The van der Waals surface area contributed by atoms with E-state index in [0.29, 0.717) is 12.2 Å². The van der Waals surface area contributed by atoms with Gasteiger partial charge in [0, 0.05) is 20.3 Å². The maximum atomic E-state index is 12.8. The lowest BCUT2D eigenvalue weighted by molar-refractivity contribution is -0.128. The van der Waals surface area contributed by atoms with Gasteiger partial charge < -0.3 is 4.90 Å². The summed E-state index contributed by atoms with van der Waals surface area (Å²) in [6.45, 7) is 9.59. The molecule has 0 saturated heterocycles. The van der Waals surface area contributed by atoms with E-state index in [4.69, 9.17) is 0 Å². The van der Waals surface area contributed by atoms with Gasteiger partial charge in [0.05, 0.1) is 5.41 Å². The van der Waals surface area contributed by atoms with Gasteiger partial charge in [-0.05, 0) is 29.9 Å². The van der Waals surface area contributed by atoms with Crippen LogP contribution in [0.1, 0.15) is 27.2 Å². The molecule has 1 aliphatic rings. The molecule has 1 saturated carbocycles.